The molecule has 2 rings (SSSR count). The van der Waals surface area contributed by atoms with Crippen molar-refractivity contribution in [3.8, 4) is 0 Å². The highest BCUT2D eigenvalue weighted by Gasteiger charge is 2.38. The predicted molar refractivity (Wildman–Crippen MR) is 360 cm³/mol. The third kappa shape index (κ3) is 30.9. The van der Waals surface area contributed by atoms with E-state index in [0.29, 0.717) is 12.1 Å². The molecule has 0 aromatic carbocycles. The Morgan fingerprint density at radius 2 is 0.786 bits per heavy atom. The number of nitrogens with two attached hydrogens (primary N) is 4. The van der Waals surface area contributed by atoms with Gasteiger partial charge in [0.25, 0.3) is 0 Å². The third-order valence-electron chi connectivity index (χ3n) is 14.8. The zero-order valence-corrected chi connectivity index (χ0v) is 57.2. The second-order valence-corrected chi connectivity index (χ2v) is 24.7. The molecule has 0 unspecified atom stereocenters. The minimum Gasteiger partial charge on any atom is -0.480 e. The molecule has 0 spiro atoms. The van der Waals surface area contributed by atoms with Gasteiger partial charge in [-0.3, -0.25) is 69.0 Å². The van der Waals surface area contributed by atoms with Crippen LogP contribution in [0.5, 0.6) is 0 Å². The minimum absolute atomic E-state index is 0.0149. The van der Waals surface area contributed by atoms with E-state index in [1.165, 1.54) is 25.0 Å². The van der Waals surface area contributed by atoms with Crippen LogP contribution >= 0.6 is 12.6 Å². The molecule has 11 atom stereocenters. The van der Waals surface area contributed by atoms with E-state index in [4.69, 9.17) is 39.2 Å². The van der Waals surface area contributed by atoms with Gasteiger partial charge in [-0.2, -0.15) is 12.6 Å². The van der Waals surface area contributed by atoms with Crippen LogP contribution in [0.15, 0.2) is 25.0 Å². The van der Waals surface area contributed by atoms with Crippen LogP contribution in [0.1, 0.15) is 105 Å². The fourth-order valence-electron chi connectivity index (χ4n) is 9.31. The van der Waals surface area contributed by atoms with Crippen LogP contribution in [0.2, 0.25) is 0 Å². The lowest BCUT2D eigenvalue weighted by Crippen LogP contribution is -2.62. The molecule has 0 aliphatic heterocycles. The number of hydrogen-bond donors (Lipinski definition) is 26. The van der Waals surface area contributed by atoms with Gasteiger partial charge in [0.05, 0.1) is 43.2 Å². The molecule has 0 radical (unpaired) electrons. The van der Waals surface area contributed by atoms with Gasteiger partial charge in [0, 0.05) is 50.6 Å². The topological polar surface area (TPSA) is 647 Å². The van der Waals surface area contributed by atoms with Gasteiger partial charge in [-0.1, -0.05) is 55.4 Å². The van der Waals surface area contributed by atoms with E-state index in [1.807, 2.05) is 0 Å². The molecule has 2 aromatic heterocycles. The number of aromatic amines is 2. The summed E-state index contributed by atoms with van der Waals surface area (Å²) in [6.45, 7) is 11.3. The van der Waals surface area contributed by atoms with Crippen LogP contribution < -0.4 is 97.4 Å². The van der Waals surface area contributed by atoms with Crippen molar-refractivity contribution in [2.75, 3.05) is 38.5 Å². The quantitative estimate of drug-likeness (QED) is 0.0127. The Hall–Kier alpha value is -9.86. The summed E-state index contributed by atoms with van der Waals surface area (Å²) >= 11 is 4.23. The number of guanidine groups is 3. The Morgan fingerprint density at radius 3 is 1.17 bits per heavy atom. The van der Waals surface area contributed by atoms with Crippen molar-refractivity contribution >= 4 is 101 Å². The molecule has 2 heterocycles. The first-order valence-electron chi connectivity index (χ1n) is 31.8. The average Bonchev–Trinajstić information content (AvgIpc) is 1.07. The maximum absolute atomic E-state index is 14.3. The van der Waals surface area contributed by atoms with E-state index in [0.717, 1.165) is 0 Å². The largest absolute Gasteiger partial charge is 0.480 e. The number of carboxylic acids is 1. The number of aliphatic hydroxyl groups is 1. The molecule has 0 saturated heterocycles. The smallest absolute Gasteiger partial charge is 0.326 e. The van der Waals surface area contributed by atoms with E-state index < -0.39 is 186 Å². The van der Waals surface area contributed by atoms with Crippen LogP contribution in [-0.2, 0) is 70.4 Å². The Balaban J connectivity index is 2.35. The highest BCUT2D eigenvalue weighted by atomic mass is 32.1. The molecular formula is C58H101N25O14S. The van der Waals surface area contributed by atoms with Crippen molar-refractivity contribution in [2.45, 2.75) is 173 Å². The number of nitrogens with one attached hydrogen (secondary N) is 19. The highest BCUT2D eigenvalue weighted by molar-refractivity contribution is 7.80. The number of nitrogens with zero attached hydrogens (tertiary/aromatic N) is 2. The number of thiol groups is 1. The fraction of sp³-hybridized carbons (Fsp3) is 0.638. The van der Waals surface area contributed by atoms with E-state index >= 15 is 0 Å². The van der Waals surface area contributed by atoms with Crippen molar-refractivity contribution in [1.29, 1.82) is 16.2 Å². The zero-order chi connectivity index (χ0) is 73.9. The monoisotopic (exact) mass is 1400 g/mol. The fourth-order valence-corrected chi connectivity index (χ4v) is 9.56. The van der Waals surface area contributed by atoms with Gasteiger partial charge in [0.2, 0.25) is 65.0 Å². The molecule has 548 valence electrons. The Kier molecular flexibility index (Phi) is 37.3. The molecule has 98 heavy (non-hydrogen) atoms. The SMILES string of the molecule is CC(C)[C@H](NC(=O)[C@@H](NC(=O)[C@@H](NC(=O)[C@H](CO)NC(=O)[C@H](CS)NC(=O)[C@H](CCCNC(=N)N)NC(=O)[C@@H](NC(=O)[C@H](Cc1c[nH]cn1)NC(=O)CNC(=O)[C@H](Cc1c[nH]cn1)NC(=O)[C@H](CCCNC(=N)N)NC(=O)[C@@H](N)CCCNC(=N)N)C(C)C)C(C)C)C(C)C)C(=O)O. The lowest BCUT2D eigenvalue weighted by molar-refractivity contribution is -0.144. The molecule has 11 amide bonds. The van der Waals surface area contributed by atoms with Crippen LogP contribution in [-0.4, -0.2) is 224 Å². The van der Waals surface area contributed by atoms with Crippen molar-refractivity contribution in [2.24, 2.45) is 46.6 Å². The van der Waals surface area contributed by atoms with E-state index in [2.05, 4.69) is 107 Å². The second-order valence-electron chi connectivity index (χ2n) is 24.4. The van der Waals surface area contributed by atoms with Crippen LogP contribution in [0.3, 0.4) is 0 Å². The Bertz CT molecular complexity index is 2990. The lowest BCUT2D eigenvalue weighted by Gasteiger charge is -2.29. The number of carbonyl (C=O) groups is 12. The maximum atomic E-state index is 14.3. The van der Waals surface area contributed by atoms with Gasteiger partial charge in [0.15, 0.2) is 17.9 Å². The zero-order valence-electron chi connectivity index (χ0n) is 56.3. The number of carboxylic acid groups (broad SMARTS) is 1. The summed E-state index contributed by atoms with van der Waals surface area (Å²) in [5.74, 6) is -15.0. The van der Waals surface area contributed by atoms with Gasteiger partial charge >= 0.3 is 5.97 Å². The number of aliphatic carboxylic acids is 1. The van der Waals surface area contributed by atoms with Gasteiger partial charge in [0.1, 0.15) is 60.4 Å². The number of carbonyl (C=O) groups excluding carboxylic acids is 11. The molecular weight excluding hydrogens is 1300 g/mol. The number of aliphatic hydroxyl groups excluding tert-OH is 1. The number of amides is 11. The summed E-state index contributed by atoms with van der Waals surface area (Å²) in [5, 5.41) is 77.8. The minimum atomic E-state index is -1.73. The summed E-state index contributed by atoms with van der Waals surface area (Å²) in [5.41, 5.74) is 22.9. The first-order valence-corrected chi connectivity index (χ1v) is 32.4. The number of H-pyrrole nitrogens is 2. The molecule has 39 nitrogen and oxygen atoms in total. The van der Waals surface area contributed by atoms with E-state index in [1.54, 1.807) is 55.4 Å². The molecule has 0 aliphatic carbocycles. The van der Waals surface area contributed by atoms with Gasteiger partial charge in [-0.25, -0.2) is 14.8 Å². The average molecular weight is 1400 g/mol. The first-order chi connectivity index (χ1) is 46.1. The molecule has 29 N–H and O–H groups in total. The summed E-state index contributed by atoms with van der Waals surface area (Å²) in [7, 11) is 0. The molecule has 0 aliphatic rings. The van der Waals surface area contributed by atoms with Crippen LogP contribution in [0.4, 0.5) is 0 Å². The first kappa shape index (κ1) is 84.2. The predicted octanol–water partition coefficient (Wildman–Crippen LogP) is -7.37. The van der Waals surface area contributed by atoms with Crippen molar-refractivity contribution in [3.05, 3.63) is 36.4 Å². The Morgan fingerprint density at radius 1 is 0.449 bits per heavy atom. The number of rotatable bonds is 45. The standard InChI is InChI=1S/C58H101N25O14S/c1-27(2)41(52(93)76-35(14-11-17-70-58(64)65)48(89)79-39(24-98)51(92)78-38(23-84)50(91)81-42(28(3)4)53(94)82-43(29(5)6)54(95)83-44(30(7)8)55(96)97)80-49(90)37(19-32-21-67-26-73-32)74-40(85)22-71-46(87)36(18-31-20-66-25-72-31)77-47(88)34(13-10-16-69-57(62)63)75-45(86)33(59)12-9-15-68-56(60)61/h20-21,25-30,33-39,41-44,84,98H,9-19,22-24,59H2,1-8H3,(H,66,72)(H,67,73)(H,71,87)(H,74,85)(H,75,86)(H,76,93)(H,77,88)(H,78,92)(H,79,89)(H,80,90)(H,81,91)(H,82,94)(H,83,95)(H,96,97)(H4,60,61,68)(H4,62,63,69)(H4,64,65,70)/t33-,34-,35-,36-,37-,38-,39-,41-,42-,43-,44-/m0/s1. The molecule has 0 bridgehead atoms. The van der Waals surface area contributed by atoms with E-state index in [-0.39, 0.29) is 82.2 Å². The third-order valence-corrected chi connectivity index (χ3v) is 15.2. The molecule has 40 heteroatoms. The normalized spacial score (nSPS) is 14.5. The van der Waals surface area contributed by atoms with Gasteiger partial charge < -0.3 is 118 Å². The summed E-state index contributed by atoms with van der Waals surface area (Å²) in [6, 6.07) is -15.3. The maximum Gasteiger partial charge on any atom is 0.326 e. The molecule has 0 saturated carbocycles. The van der Waals surface area contributed by atoms with Crippen LogP contribution in [0, 0.1) is 39.9 Å². The summed E-state index contributed by atoms with van der Waals surface area (Å²) in [4.78, 5) is 178. The molecule has 2 aromatic rings. The van der Waals surface area contributed by atoms with Gasteiger partial charge in [-0.15, -0.1) is 0 Å². The van der Waals surface area contributed by atoms with Crippen molar-refractivity contribution in [3.63, 3.8) is 0 Å². The van der Waals surface area contributed by atoms with Crippen molar-refractivity contribution in [1.82, 2.24) is 94.4 Å². The molecule has 0 fully saturated rings. The number of hydrogen-bond acceptors (Lipinski definition) is 20. The number of imidazole rings is 2. The van der Waals surface area contributed by atoms with Crippen molar-refractivity contribution < 1.29 is 67.7 Å². The number of aromatic nitrogens is 4. The second kappa shape index (κ2) is 43.3. The summed E-state index contributed by atoms with van der Waals surface area (Å²) in [6.07, 6.45) is 5.66. The highest BCUT2D eigenvalue weighted by Crippen LogP contribution is 2.12. The van der Waals surface area contributed by atoms with E-state index in [9.17, 15) is 67.7 Å². The van der Waals surface area contributed by atoms with Gasteiger partial charge in [-0.05, 0) is 62.2 Å². The Labute approximate surface area is 572 Å². The summed E-state index contributed by atoms with van der Waals surface area (Å²) < 4.78 is 0. The lowest BCUT2D eigenvalue weighted by atomic mass is 9.98. The van der Waals surface area contributed by atoms with Crippen LogP contribution in [0.25, 0.3) is 0 Å².